The van der Waals surface area contributed by atoms with E-state index in [2.05, 4.69) is 33.2 Å². The average Bonchev–Trinajstić information content (AvgIpc) is 2.30. The third-order valence-electron chi connectivity index (χ3n) is 2.00. The van der Waals surface area contributed by atoms with Crippen molar-refractivity contribution in [2.75, 3.05) is 6.26 Å². The molecule has 1 aromatic rings. The molecule has 1 N–H and O–H groups in total. The lowest BCUT2D eigenvalue weighted by molar-refractivity contribution is 1.14. The summed E-state index contributed by atoms with van der Waals surface area (Å²) in [4.78, 5) is 4.34. The summed E-state index contributed by atoms with van der Waals surface area (Å²) in [5.41, 5.74) is 2.08. The highest BCUT2D eigenvalue weighted by Gasteiger charge is 2.01. The van der Waals surface area contributed by atoms with Gasteiger partial charge in [0.1, 0.15) is 0 Å². The molecule has 0 unspecified atom stereocenters. The predicted octanol–water partition coefficient (Wildman–Crippen LogP) is 3.43. The number of amidine groups is 1. The van der Waals surface area contributed by atoms with Crippen molar-refractivity contribution in [2.45, 2.75) is 13.3 Å². The van der Waals surface area contributed by atoms with E-state index >= 15 is 0 Å². The van der Waals surface area contributed by atoms with Crippen LogP contribution in [-0.2, 0) is 6.42 Å². The van der Waals surface area contributed by atoms with Crippen LogP contribution >= 0.6 is 27.7 Å². The van der Waals surface area contributed by atoms with Crippen molar-refractivity contribution in [3.05, 3.63) is 28.2 Å². The Hall–Kier alpha value is -0.990. The van der Waals surface area contributed by atoms with Crippen LogP contribution in [0.1, 0.15) is 12.5 Å². The van der Waals surface area contributed by atoms with E-state index in [4.69, 9.17) is 5.26 Å². The highest BCUT2D eigenvalue weighted by atomic mass is 79.9. The molecule has 0 radical (unpaired) electrons. The molecular formula is C11H12BrN3S. The summed E-state index contributed by atoms with van der Waals surface area (Å²) in [6.07, 6.45) is 4.73. The fraction of sp³-hybridized carbons (Fsp3) is 0.273. The third kappa shape index (κ3) is 3.54. The molecule has 1 aromatic carbocycles. The Morgan fingerprint density at radius 3 is 2.88 bits per heavy atom. The summed E-state index contributed by atoms with van der Waals surface area (Å²) < 4.78 is 0.943. The minimum atomic E-state index is 0.590. The van der Waals surface area contributed by atoms with Gasteiger partial charge in [0, 0.05) is 4.47 Å². The Morgan fingerprint density at radius 2 is 2.38 bits per heavy atom. The summed E-state index contributed by atoms with van der Waals surface area (Å²) in [6.45, 7) is 2.11. The standard InChI is InChI=1S/C11H12BrN3S/c1-3-8-4-5-10(9(12)6-8)15-11(16-2)14-7-13/h4-6H,3H2,1-2H3,(H,14,15). The van der Waals surface area contributed by atoms with Gasteiger partial charge in [0.15, 0.2) is 11.4 Å². The third-order valence-corrected chi connectivity index (χ3v) is 3.21. The van der Waals surface area contributed by atoms with Crippen LogP contribution in [0.15, 0.2) is 27.7 Å². The van der Waals surface area contributed by atoms with Gasteiger partial charge in [-0.25, -0.2) is 4.99 Å². The summed E-state index contributed by atoms with van der Waals surface area (Å²) in [5.74, 6) is 0. The molecule has 3 nitrogen and oxygen atoms in total. The number of hydrogen-bond donors (Lipinski definition) is 1. The quantitative estimate of drug-likeness (QED) is 0.394. The highest BCUT2D eigenvalue weighted by Crippen LogP contribution is 2.27. The first-order valence-corrected chi connectivity index (χ1v) is 6.79. The van der Waals surface area contributed by atoms with E-state index in [0.29, 0.717) is 5.17 Å². The Kier molecular flexibility index (Phi) is 5.36. The SMILES string of the molecule is CCc1ccc(N=C(NC#N)SC)c(Br)c1. The number of hydrogen-bond acceptors (Lipinski definition) is 3. The molecule has 84 valence electrons. The Bertz CT molecular complexity index is 437. The van der Waals surface area contributed by atoms with Crippen molar-refractivity contribution in [3.8, 4) is 6.19 Å². The van der Waals surface area contributed by atoms with Crippen LogP contribution in [0, 0.1) is 11.5 Å². The lowest BCUT2D eigenvalue weighted by atomic mass is 10.1. The van der Waals surface area contributed by atoms with Crippen LogP contribution in [0.25, 0.3) is 0 Å². The molecule has 1 rings (SSSR count). The first-order chi connectivity index (χ1) is 7.71. The predicted molar refractivity (Wildman–Crippen MR) is 72.9 cm³/mol. The number of rotatable bonds is 2. The normalized spacial score (nSPS) is 11.0. The molecule has 0 spiro atoms. The molecule has 0 heterocycles. The van der Waals surface area contributed by atoms with E-state index in [1.165, 1.54) is 17.3 Å². The molecule has 0 saturated heterocycles. The summed E-state index contributed by atoms with van der Waals surface area (Å²) in [6, 6.07) is 6.02. The largest absolute Gasteiger partial charge is 0.271 e. The summed E-state index contributed by atoms with van der Waals surface area (Å²) in [5, 5.41) is 11.7. The smallest absolute Gasteiger partial charge is 0.183 e. The molecule has 0 saturated carbocycles. The van der Waals surface area contributed by atoms with E-state index in [-0.39, 0.29) is 0 Å². The number of aliphatic imine (C=N–C) groups is 1. The minimum Gasteiger partial charge on any atom is -0.271 e. The van der Waals surface area contributed by atoms with Crippen LogP contribution in [0.3, 0.4) is 0 Å². The van der Waals surface area contributed by atoms with Crippen LogP contribution in [0.4, 0.5) is 5.69 Å². The summed E-state index contributed by atoms with van der Waals surface area (Å²) >= 11 is 4.87. The van der Waals surface area contributed by atoms with Gasteiger partial charge in [-0.3, -0.25) is 5.32 Å². The van der Waals surface area contributed by atoms with E-state index in [1.54, 1.807) is 0 Å². The Balaban J connectivity index is 3.01. The number of aryl methyl sites for hydroxylation is 1. The molecule has 0 bridgehead atoms. The molecule has 5 heteroatoms. The molecular weight excluding hydrogens is 286 g/mol. The number of halogens is 1. The monoisotopic (exact) mass is 297 g/mol. The zero-order valence-corrected chi connectivity index (χ0v) is 11.5. The number of nitriles is 1. The van der Waals surface area contributed by atoms with Gasteiger partial charge in [-0.2, -0.15) is 5.26 Å². The van der Waals surface area contributed by atoms with Crippen LogP contribution in [-0.4, -0.2) is 11.4 Å². The van der Waals surface area contributed by atoms with Crippen LogP contribution < -0.4 is 5.32 Å². The summed E-state index contributed by atoms with van der Waals surface area (Å²) in [7, 11) is 0. The van der Waals surface area contributed by atoms with Gasteiger partial charge in [-0.15, -0.1) is 0 Å². The topological polar surface area (TPSA) is 48.2 Å². The lowest BCUT2D eigenvalue weighted by Gasteiger charge is -2.04. The lowest BCUT2D eigenvalue weighted by Crippen LogP contribution is -2.12. The molecule has 0 amide bonds. The second-order valence-corrected chi connectivity index (χ2v) is 4.65. The van der Waals surface area contributed by atoms with E-state index in [1.807, 2.05) is 30.6 Å². The zero-order chi connectivity index (χ0) is 12.0. The average molecular weight is 298 g/mol. The van der Waals surface area contributed by atoms with Crippen molar-refractivity contribution < 1.29 is 0 Å². The Morgan fingerprint density at radius 1 is 1.62 bits per heavy atom. The second-order valence-electron chi connectivity index (χ2n) is 3.00. The van der Waals surface area contributed by atoms with Crippen molar-refractivity contribution >= 4 is 38.5 Å². The number of nitrogens with zero attached hydrogens (tertiary/aromatic N) is 2. The zero-order valence-electron chi connectivity index (χ0n) is 9.12. The molecule has 0 aromatic heterocycles. The molecule has 16 heavy (non-hydrogen) atoms. The number of benzene rings is 1. The van der Waals surface area contributed by atoms with Gasteiger partial charge >= 0.3 is 0 Å². The molecule has 0 aliphatic rings. The maximum absolute atomic E-state index is 8.53. The van der Waals surface area contributed by atoms with Crippen molar-refractivity contribution in [1.29, 1.82) is 5.26 Å². The fourth-order valence-corrected chi connectivity index (χ4v) is 2.00. The first-order valence-electron chi connectivity index (χ1n) is 4.77. The van der Waals surface area contributed by atoms with Gasteiger partial charge in [-0.05, 0) is 46.3 Å². The maximum Gasteiger partial charge on any atom is 0.183 e. The highest BCUT2D eigenvalue weighted by molar-refractivity contribution is 9.10. The maximum atomic E-state index is 8.53. The van der Waals surface area contributed by atoms with E-state index in [0.717, 1.165) is 16.6 Å². The first kappa shape index (κ1) is 13.1. The molecule has 0 aliphatic carbocycles. The number of nitrogens with one attached hydrogen (secondary N) is 1. The molecule has 0 atom stereocenters. The van der Waals surface area contributed by atoms with Gasteiger partial charge in [-0.1, -0.05) is 24.8 Å². The van der Waals surface area contributed by atoms with Gasteiger partial charge in [0.2, 0.25) is 0 Å². The van der Waals surface area contributed by atoms with Gasteiger partial charge in [0.25, 0.3) is 0 Å². The minimum absolute atomic E-state index is 0.590. The van der Waals surface area contributed by atoms with Crippen LogP contribution in [0.2, 0.25) is 0 Å². The number of thioether (sulfide) groups is 1. The second kappa shape index (κ2) is 6.56. The van der Waals surface area contributed by atoms with Gasteiger partial charge in [0.05, 0.1) is 5.69 Å². The van der Waals surface area contributed by atoms with Crippen molar-refractivity contribution in [3.63, 3.8) is 0 Å². The van der Waals surface area contributed by atoms with Crippen molar-refractivity contribution in [1.82, 2.24) is 5.32 Å². The van der Waals surface area contributed by atoms with Crippen molar-refractivity contribution in [2.24, 2.45) is 4.99 Å². The van der Waals surface area contributed by atoms with Crippen LogP contribution in [0.5, 0.6) is 0 Å². The fourth-order valence-electron chi connectivity index (χ4n) is 1.14. The van der Waals surface area contributed by atoms with Gasteiger partial charge < -0.3 is 0 Å². The van der Waals surface area contributed by atoms with E-state index in [9.17, 15) is 0 Å². The molecule has 0 aliphatic heterocycles. The Labute approximate surface area is 108 Å². The molecule has 0 fully saturated rings. The van der Waals surface area contributed by atoms with E-state index < -0.39 is 0 Å².